The zero-order valence-corrected chi connectivity index (χ0v) is 8.98. The average Bonchev–Trinajstić information content (AvgIpc) is 2.76. The second-order valence-electron chi connectivity index (χ2n) is 4.85. The molecule has 1 aliphatic rings. The van der Waals surface area contributed by atoms with Gasteiger partial charge in [0.1, 0.15) is 0 Å². The Bertz CT molecular complexity index is 196. The van der Waals surface area contributed by atoms with Gasteiger partial charge < -0.3 is 10.6 Å². The highest BCUT2D eigenvalue weighted by molar-refractivity contribution is 5.81. The topological polar surface area (TPSA) is 41.1 Å². The Hall–Kier alpha value is -0.570. The van der Waals surface area contributed by atoms with Gasteiger partial charge in [-0.1, -0.05) is 20.8 Å². The maximum absolute atomic E-state index is 11.5. The van der Waals surface area contributed by atoms with Gasteiger partial charge in [-0.15, -0.1) is 0 Å². The van der Waals surface area contributed by atoms with E-state index in [4.69, 9.17) is 0 Å². The molecule has 2 N–H and O–H groups in total. The third-order valence-electron chi connectivity index (χ3n) is 2.50. The van der Waals surface area contributed by atoms with Gasteiger partial charge in [0.05, 0.1) is 0 Å². The molecule has 3 heteroatoms. The Labute approximate surface area is 80.3 Å². The molecule has 0 heterocycles. The van der Waals surface area contributed by atoms with Gasteiger partial charge in [-0.05, 0) is 19.4 Å². The zero-order chi connectivity index (χ0) is 10.1. The van der Waals surface area contributed by atoms with Crippen molar-refractivity contribution in [1.82, 2.24) is 10.6 Å². The summed E-state index contributed by atoms with van der Waals surface area (Å²) >= 11 is 0. The zero-order valence-electron chi connectivity index (χ0n) is 8.98. The molecule has 0 bridgehead atoms. The van der Waals surface area contributed by atoms with Crippen LogP contribution in [0.5, 0.6) is 0 Å². The molecule has 3 nitrogen and oxygen atoms in total. The number of carbonyl (C=O) groups is 1. The first-order chi connectivity index (χ1) is 5.95. The number of carbonyl (C=O) groups excluding carboxylic acids is 1. The lowest BCUT2D eigenvalue weighted by Crippen LogP contribution is -2.36. The highest BCUT2D eigenvalue weighted by atomic mass is 16.2. The van der Waals surface area contributed by atoms with E-state index in [1.165, 1.54) is 6.42 Å². The van der Waals surface area contributed by atoms with Crippen LogP contribution in [0.25, 0.3) is 0 Å². The van der Waals surface area contributed by atoms with E-state index in [9.17, 15) is 4.79 Å². The van der Waals surface area contributed by atoms with Crippen LogP contribution in [0.3, 0.4) is 0 Å². The first kappa shape index (κ1) is 10.5. The van der Waals surface area contributed by atoms with Crippen LogP contribution >= 0.6 is 0 Å². The molecule has 1 rings (SSSR count). The molecule has 0 radical (unpaired) electrons. The largest absolute Gasteiger partial charge is 0.355 e. The lowest BCUT2D eigenvalue weighted by atomic mass is 9.96. The molecule has 1 saturated carbocycles. The highest BCUT2D eigenvalue weighted by Crippen LogP contribution is 2.29. The van der Waals surface area contributed by atoms with Crippen LogP contribution < -0.4 is 10.6 Å². The molecule has 2 unspecified atom stereocenters. The van der Waals surface area contributed by atoms with E-state index in [2.05, 4.69) is 10.6 Å². The van der Waals surface area contributed by atoms with E-state index < -0.39 is 0 Å². The van der Waals surface area contributed by atoms with Crippen molar-refractivity contribution in [2.24, 2.45) is 11.3 Å². The third kappa shape index (κ3) is 2.99. The third-order valence-corrected chi connectivity index (χ3v) is 2.50. The van der Waals surface area contributed by atoms with Gasteiger partial charge in [0.2, 0.25) is 5.91 Å². The Kier molecular flexibility index (Phi) is 2.96. The molecule has 13 heavy (non-hydrogen) atoms. The smallest absolute Gasteiger partial charge is 0.225 e. The molecule has 0 aromatic heterocycles. The summed E-state index contributed by atoms with van der Waals surface area (Å²) in [5.41, 5.74) is -0.260. The fourth-order valence-electron chi connectivity index (χ4n) is 1.32. The van der Waals surface area contributed by atoms with Crippen LogP contribution in [0, 0.1) is 11.3 Å². The average molecular weight is 184 g/mol. The molecule has 2 atom stereocenters. The Morgan fingerprint density at radius 1 is 1.46 bits per heavy atom. The van der Waals surface area contributed by atoms with Crippen molar-refractivity contribution in [1.29, 1.82) is 0 Å². The molecule has 0 spiro atoms. The van der Waals surface area contributed by atoms with Gasteiger partial charge in [-0.3, -0.25) is 4.79 Å². The Morgan fingerprint density at radius 3 is 2.46 bits per heavy atom. The van der Waals surface area contributed by atoms with Crippen molar-refractivity contribution in [3.8, 4) is 0 Å². The number of hydrogen-bond acceptors (Lipinski definition) is 2. The van der Waals surface area contributed by atoms with Crippen LogP contribution in [0.2, 0.25) is 0 Å². The minimum absolute atomic E-state index is 0.147. The van der Waals surface area contributed by atoms with E-state index in [0.29, 0.717) is 12.0 Å². The highest BCUT2D eigenvalue weighted by Gasteiger charge is 2.36. The number of amides is 1. The standard InChI is InChI=1S/C10H20N2O/c1-10(2,3)9(13)12-6-7-5-8(7)11-4/h7-8,11H,5-6H2,1-4H3,(H,12,13). The van der Waals surface area contributed by atoms with Crippen LogP contribution in [0.15, 0.2) is 0 Å². The van der Waals surface area contributed by atoms with Crippen molar-refractivity contribution >= 4 is 5.91 Å². The molecule has 0 aromatic rings. The fraction of sp³-hybridized carbons (Fsp3) is 0.900. The van der Waals surface area contributed by atoms with Crippen molar-refractivity contribution in [2.45, 2.75) is 33.2 Å². The lowest BCUT2D eigenvalue weighted by Gasteiger charge is -2.17. The van der Waals surface area contributed by atoms with E-state index in [-0.39, 0.29) is 11.3 Å². The van der Waals surface area contributed by atoms with E-state index in [1.54, 1.807) is 0 Å². The molecule has 1 aliphatic carbocycles. The normalized spacial score (nSPS) is 27.1. The van der Waals surface area contributed by atoms with E-state index >= 15 is 0 Å². The maximum atomic E-state index is 11.5. The Balaban J connectivity index is 2.17. The maximum Gasteiger partial charge on any atom is 0.225 e. The summed E-state index contributed by atoms with van der Waals surface area (Å²) in [6, 6.07) is 0.625. The minimum Gasteiger partial charge on any atom is -0.355 e. The molecule has 1 amide bonds. The summed E-state index contributed by atoms with van der Waals surface area (Å²) in [5, 5.41) is 6.17. The summed E-state index contributed by atoms with van der Waals surface area (Å²) in [5.74, 6) is 0.797. The van der Waals surface area contributed by atoms with Gasteiger partial charge in [0.25, 0.3) is 0 Å². The molecular formula is C10H20N2O. The number of nitrogens with one attached hydrogen (secondary N) is 2. The van der Waals surface area contributed by atoms with Gasteiger partial charge >= 0.3 is 0 Å². The van der Waals surface area contributed by atoms with Crippen LogP contribution in [0.4, 0.5) is 0 Å². The molecule has 76 valence electrons. The summed E-state index contributed by atoms with van der Waals surface area (Å²) < 4.78 is 0. The first-order valence-corrected chi connectivity index (χ1v) is 4.90. The van der Waals surface area contributed by atoms with Crippen LogP contribution in [-0.2, 0) is 4.79 Å². The van der Waals surface area contributed by atoms with Crippen LogP contribution in [-0.4, -0.2) is 25.5 Å². The van der Waals surface area contributed by atoms with E-state index in [1.807, 2.05) is 27.8 Å². The van der Waals surface area contributed by atoms with Crippen molar-refractivity contribution in [2.75, 3.05) is 13.6 Å². The molecule has 1 fully saturated rings. The van der Waals surface area contributed by atoms with Crippen LogP contribution in [0.1, 0.15) is 27.2 Å². The molecule has 0 aromatic carbocycles. The van der Waals surface area contributed by atoms with Crippen molar-refractivity contribution < 1.29 is 4.79 Å². The van der Waals surface area contributed by atoms with E-state index in [0.717, 1.165) is 6.54 Å². The first-order valence-electron chi connectivity index (χ1n) is 4.90. The predicted octanol–water partition coefficient (Wildman–Crippen LogP) is 0.757. The monoisotopic (exact) mass is 184 g/mol. The molecule has 0 saturated heterocycles. The summed E-state index contributed by atoms with van der Waals surface area (Å²) in [4.78, 5) is 11.5. The summed E-state index contributed by atoms with van der Waals surface area (Å²) in [6.45, 7) is 6.63. The van der Waals surface area contributed by atoms with Gasteiger partial charge in [0, 0.05) is 18.0 Å². The number of rotatable bonds is 3. The van der Waals surface area contributed by atoms with Crippen molar-refractivity contribution in [3.05, 3.63) is 0 Å². The van der Waals surface area contributed by atoms with Crippen molar-refractivity contribution in [3.63, 3.8) is 0 Å². The molecular weight excluding hydrogens is 164 g/mol. The minimum atomic E-state index is -0.260. The van der Waals surface area contributed by atoms with Gasteiger partial charge in [-0.2, -0.15) is 0 Å². The van der Waals surface area contributed by atoms with Gasteiger partial charge in [-0.25, -0.2) is 0 Å². The summed E-state index contributed by atoms with van der Waals surface area (Å²) in [7, 11) is 1.97. The fourth-order valence-corrected chi connectivity index (χ4v) is 1.32. The SMILES string of the molecule is CNC1CC1CNC(=O)C(C)(C)C. The van der Waals surface area contributed by atoms with Gasteiger partial charge in [0.15, 0.2) is 0 Å². The summed E-state index contributed by atoms with van der Waals surface area (Å²) in [6.07, 6.45) is 1.20. The lowest BCUT2D eigenvalue weighted by molar-refractivity contribution is -0.128. The molecule has 0 aliphatic heterocycles. The number of hydrogen-bond donors (Lipinski definition) is 2. The second-order valence-corrected chi connectivity index (χ2v) is 4.85. The Morgan fingerprint density at radius 2 is 2.08 bits per heavy atom. The second kappa shape index (κ2) is 3.66. The quantitative estimate of drug-likeness (QED) is 0.680. The predicted molar refractivity (Wildman–Crippen MR) is 53.4 cm³/mol.